The highest BCUT2D eigenvalue weighted by atomic mass is 19.3. The molecule has 0 saturated carbocycles. The number of carbonyl (C=O) groups is 2. The molecule has 0 unspecified atom stereocenters. The quantitative estimate of drug-likeness (QED) is 0.795. The van der Waals surface area contributed by atoms with E-state index < -0.39 is 12.5 Å². The van der Waals surface area contributed by atoms with E-state index in [0.717, 1.165) is 16.9 Å². The molecule has 3 rings (SSSR count). The third kappa shape index (κ3) is 4.57. The summed E-state index contributed by atoms with van der Waals surface area (Å²) in [6.45, 7) is -0.926. The molecule has 1 aliphatic rings. The Balaban J connectivity index is 1.60. The molecule has 0 aromatic heterocycles. The Bertz CT molecular complexity index is 873. The van der Waals surface area contributed by atoms with Gasteiger partial charge in [-0.1, -0.05) is 30.3 Å². The van der Waals surface area contributed by atoms with Crippen LogP contribution < -0.4 is 20.1 Å². The molecular formula is C20H20F2N2O4. The van der Waals surface area contributed by atoms with Crippen LogP contribution in [-0.2, 0) is 4.79 Å². The molecule has 0 bridgehead atoms. The summed E-state index contributed by atoms with van der Waals surface area (Å²) in [6, 6.07) is 11.1. The predicted molar refractivity (Wildman–Crippen MR) is 97.6 cm³/mol. The minimum Gasteiger partial charge on any atom is -0.493 e. The number of nitrogens with one attached hydrogen (secondary N) is 2. The third-order valence-electron chi connectivity index (χ3n) is 4.36. The fourth-order valence-electron chi connectivity index (χ4n) is 3.09. The molecule has 0 radical (unpaired) electrons. The number of alkyl halides is 2. The maximum absolute atomic E-state index is 12.5. The number of para-hydroxylation sites is 2. The number of aryl methyl sites for hydroxylation is 1. The number of benzene rings is 2. The van der Waals surface area contributed by atoms with E-state index in [1.54, 1.807) is 0 Å². The molecule has 2 N–H and O–H groups in total. The SMILES string of the molecule is Cc1cccc2c1OCC[C@@H]2NC(=O)CNC(=O)c1ccccc1OC(F)F. The number of amides is 2. The van der Waals surface area contributed by atoms with Crippen LogP contribution in [0.4, 0.5) is 8.78 Å². The average molecular weight is 390 g/mol. The lowest BCUT2D eigenvalue weighted by molar-refractivity contribution is -0.121. The minimum absolute atomic E-state index is 0.0670. The van der Waals surface area contributed by atoms with E-state index in [1.807, 2.05) is 25.1 Å². The van der Waals surface area contributed by atoms with Crippen molar-refractivity contribution in [2.24, 2.45) is 0 Å². The Labute approximate surface area is 160 Å². The fraction of sp³-hybridized carbons (Fsp3) is 0.300. The number of rotatable bonds is 6. The van der Waals surface area contributed by atoms with Crippen LogP contribution in [0, 0.1) is 6.92 Å². The number of hydrogen-bond acceptors (Lipinski definition) is 4. The highest BCUT2D eigenvalue weighted by Crippen LogP contribution is 2.34. The van der Waals surface area contributed by atoms with E-state index in [9.17, 15) is 18.4 Å². The summed E-state index contributed by atoms with van der Waals surface area (Å²) in [6.07, 6.45) is 0.612. The molecule has 6 nitrogen and oxygen atoms in total. The van der Waals surface area contributed by atoms with Gasteiger partial charge >= 0.3 is 6.61 Å². The normalized spacial score (nSPS) is 15.4. The summed E-state index contributed by atoms with van der Waals surface area (Å²) >= 11 is 0. The van der Waals surface area contributed by atoms with Crippen molar-refractivity contribution in [3.05, 3.63) is 59.2 Å². The van der Waals surface area contributed by atoms with Crippen molar-refractivity contribution < 1.29 is 27.8 Å². The molecule has 0 aliphatic carbocycles. The lowest BCUT2D eigenvalue weighted by Crippen LogP contribution is -2.40. The van der Waals surface area contributed by atoms with Gasteiger partial charge in [-0.2, -0.15) is 8.78 Å². The maximum Gasteiger partial charge on any atom is 0.387 e. The molecule has 2 amide bonds. The predicted octanol–water partition coefficient (Wildman–Crippen LogP) is 2.97. The van der Waals surface area contributed by atoms with Gasteiger partial charge in [-0.15, -0.1) is 0 Å². The van der Waals surface area contributed by atoms with Crippen LogP contribution in [0.3, 0.4) is 0 Å². The Hall–Kier alpha value is -3.16. The highest BCUT2D eigenvalue weighted by molar-refractivity contribution is 5.98. The standard InChI is InChI=1S/C20H20F2N2O4/c1-12-5-4-7-13-15(9-10-27-18(12)13)24-17(25)11-23-19(26)14-6-2-3-8-16(14)28-20(21)22/h2-8,15,20H,9-11H2,1H3,(H,23,26)(H,24,25)/t15-/m0/s1. The van der Waals surface area contributed by atoms with Gasteiger partial charge in [0, 0.05) is 12.0 Å². The summed E-state index contributed by atoms with van der Waals surface area (Å²) in [5.74, 6) is -0.542. The first-order valence-corrected chi connectivity index (χ1v) is 8.79. The molecule has 148 valence electrons. The zero-order chi connectivity index (χ0) is 20.1. The van der Waals surface area contributed by atoms with Crippen LogP contribution in [0.15, 0.2) is 42.5 Å². The lowest BCUT2D eigenvalue weighted by Gasteiger charge is -2.27. The first-order chi connectivity index (χ1) is 13.5. The second-order valence-corrected chi connectivity index (χ2v) is 6.31. The number of hydrogen-bond donors (Lipinski definition) is 2. The van der Waals surface area contributed by atoms with Crippen LogP contribution in [0.1, 0.15) is 33.9 Å². The van der Waals surface area contributed by atoms with Gasteiger partial charge in [0.15, 0.2) is 0 Å². The van der Waals surface area contributed by atoms with Crippen molar-refractivity contribution in [3.8, 4) is 11.5 Å². The van der Waals surface area contributed by atoms with E-state index in [4.69, 9.17) is 4.74 Å². The van der Waals surface area contributed by atoms with Gasteiger partial charge < -0.3 is 20.1 Å². The highest BCUT2D eigenvalue weighted by Gasteiger charge is 2.24. The number of ether oxygens (including phenoxy) is 2. The molecular weight excluding hydrogens is 370 g/mol. The third-order valence-corrected chi connectivity index (χ3v) is 4.36. The van der Waals surface area contributed by atoms with Gasteiger partial charge in [-0.05, 0) is 24.6 Å². The van der Waals surface area contributed by atoms with Gasteiger partial charge in [0.2, 0.25) is 5.91 Å². The summed E-state index contributed by atoms with van der Waals surface area (Å²) in [4.78, 5) is 24.5. The molecule has 2 aromatic rings. The number of halogens is 2. The Morgan fingerprint density at radius 3 is 2.79 bits per heavy atom. The van der Waals surface area contributed by atoms with Gasteiger partial charge in [-0.25, -0.2) is 0 Å². The van der Waals surface area contributed by atoms with Crippen LogP contribution in [0.25, 0.3) is 0 Å². The van der Waals surface area contributed by atoms with Crippen molar-refractivity contribution >= 4 is 11.8 Å². The Morgan fingerprint density at radius 1 is 1.21 bits per heavy atom. The minimum atomic E-state index is -3.05. The van der Waals surface area contributed by atoms with Crippen LogP contribution in [0.5, 0.6) is 11.5 Å². The van der Waals surface area contributed by atoms with Gasteiger partial charge in [-0.3, -0.25) is 9.59 Å². The molecule has 28 heavy (non-hydrogen) atoms. The van der Waals surface area contributed by atoms with E-state index >= 15 is 0 Å². The second-order valence-electron chi connectivity index (χ2n) is 6.31. The zero-order valence-electron chi connectivity index (χ0n) is 15.2. The van der Waals surface area contributed by atoms with Crippen molar-refractivity contribution in [2.45, 2.75) is 26.0 Å². The van der Waals surface area contributed by atoms with E-state index in [2.05, 4.69) is 15.4 Å². The van der Waals surface area contributed by atoms with Crippen molar-refractivity contribution in [3.63, 3.8) is 0 Å². The molecule has 8 heteroatoms. The maximum atomic E-state index is 12.5. The largest absolute Gasteiger partial charge is 0.493 e. The smallest absolute Gasteiger partial charge is 0.387 e. The summed E-state index contributed by atoms with van der Waals surface area (Å²) in [7, 11) is 0. The topological polar surface area (TPSA) is 76.7 Å². The summed E-state index contributed by atoms with van der Waals surface area (Å²) < 4.78 is 34.9. The van der Waals surface area contributed by atoms with Crippen molar-refractivity contribution in [2.75, 3.05) is 13.2 Å². The molecule has 0 spiro atoms. The van der Waals surface area contributed by atoms with E-state index in [-0.39, 0.29) is 29.8 Å². The molecule has 2 aromatic carbocycles. The number of carbonyl (C=O) groups excluding carboxylic acids is 2. The average Bonchev–Trinajstić information content (AvgIpc) is 2.67. The van der Waals surface area contributed by atoms with Crippen molar-refractivity contribution in [1.82, 2.24) is 10.6 Å². The first kappa shape index (κ1) is 19.6. The molecule has 1 atom stereocenters. The fourth-order valence-corrected chi connectivity index (χ4v) is 3.09. The first-order valence-electron chi connectivity index (χ1n) is 8.79. The Kier molecular flexibility index (Phi) is 6.08. The van der Waals surface area contributed by atoms with Crippen LogP contribution >= 0.6 is 0 Å². The van der Waals surface area contributed by atoms with Crippen LogP contribution in [-0.4, -0.2) is 31.6 Å². The molecule has 0 saturated heterocycles. The molecule has 1 aliphatic heterocycles. The number of fused-ring (bicyclic) bond motifs is 1. The van der Waals surface area contributed by atoms with Gasteiger partial charge in [0.25, 0.3) is 5.91 Å². The van der Waals surface area contributed by atoms with Crippen molar-refractivity contribution in [1.29, 1.82) is 0 Å². The zero-order valence-corrected chi connectivity index (χ0v) is 15.2. The van der Waals surface area contributed by atoms with E-state index in [0.29, 0.717) is 13.0 Å². The van der Waals surface area contributed by atoms with Gasteiger partial charge in [0.1, 0.15) is 11.5 Å². The second kappa shape index (κ2) is 8.69. The summed E-state index contributed by atoms with van der Waals surface area (Å²) in [5, 5.41) is 5.30. The van der Waals surface area contributed by atoms with Crippen LogP contribution in [0.2, 0.25) is 0 Å². The van der Waals surface area contributed by atoms with E-state index in [1.165, 1.54) is 24.3 Å². The van der Waals surface area contributed by atoms with Gasteiger partial charge in [0.05, 0.1) is 24.8 Å². The monoisotopic (exact) mass is 390 g/mol. The molecule has 1 heterocycles. The Morgan fingerprint density at radius 2 is 2.00 bits per heavy atom. The summed E-state index contributed by atoms with van der Waals surface area (Å²) in [5.41, 5.74) is 1.81. The lowest BCUT2D eigenvalue weighted by atomic mass is 9.98. The molecule has 0 fully saturated rings.